The van der Waals surface area contributed by atoms with Crippen molar-refractivity contribution in [2.45, 2.75) is 6.54 Å². The second-order valence-electron chi connectivity index (χ2n) is 4.16. The Bertz CT molecular complexity index is 592. The lowest BCUT2D eigenvalue weighted by Crippen LogP contribution is -2.22. The Balaban J connectivity index is 1.99. The number of nitrogen functional groups attached to an aromatic ring is 1. The molecule has 100 valence electrons. The van der Waals surface area contributed by atoms with E-state index in [1.54, 1.807) is 37.2 Å². The van der Waals surface area contributed by atoms with Gasteiger partial charge in [0.05, 0.1) is 24.6 Å². The minimum Gasteiger partial charge on any atom is -0.495 e. The van der Waals surface area contributed by atoms with Crippen LogP contribution in [0.25, 0.3) is 0 Å². The molecule has 0 bridgehead atoms. The number of benzene rings is 1. The lowest BCUT2D eigenvalue weighted by molar-refractivity contribution is 0.0951. The first-order chi connectivity index (χ1) is 9.10. The van der Waals surface area contributed by atoms with E-state index in [2.05, 4.69) is 10.4 Å². The highest BCUT2D eigenvalue weighted by molar-refractivity contribution is 5.93. The Morgan fingerprint density at radius 3 is 2.89 bits per heavy atom. The van der Waals surface area contributed by atoms with Gasteiger partial charge in [0.2, 0.25) is 0 Å². The molecule has 2 aromatic rings. The molecule has 1 aromatic carbocycles. The molecule has 0 aliphatic carbocycles. The monoisotopic (exact) mass is 260 g/mol. The van der Waals surface area contributed by atoms with E-state index in [0.29, 0.717) is 23.5 Å². The van der Waals surface area contributed by atoms with Crippen molar-refractivity contribution in [3.63, 3.8) is 0 Å². The number of aryl methyl sites for hydroxylation is 1. The number of hydrogen-bond acceptors (Lipinski definition) is 4. The number of nitrogens with zero attached hydrogens (tertiary/aromatic N) is 2. The van der Waals surface area contributed by atoms with Crippen LogP contribution >= 0.6 is 0 Å². The summed E-state index contributed by atoms with van der Waals surface area (Å²) in [6.07, 6.45) is 3.19. The normalized spacial score (nSPS) is 10.2. The summed E-state index contributed by atoms with van der Waals surface area (Å²) in [4.78, 5) is 11.8. The van der Waals surface area contributed by atoms with Gasteiger partial charge in [-0.15, -0.1) is 0 Å². The number of hydrogen-bond donors (Lipinski definition) is 2. The van der Waals surface area contributed by atoms with Gasteiger partial charge in [-0.1, -0.05) is 6.07 Å². The third-order valence-corrected chi connectivity index (χ3v) is 2.71. The molecule has 0 saturated heterocycles. The summed E-state index contributed by atoms with van der Waals surface area (Å²) in [6.45, 7) is 0.405. The molecular weight excluding hydrogens is 244 g/mol. The number of aromatic nitrogens is 2. The van der Waals surface area contributed by atoms with Gasteiger partial charge >= 0.3 is 0 Å². The molecule has 0 unspecified atom stereocenters. The van der Waals surface area contributed by atoms with Gasteiger partial charge in [-0.25, -0.2) is 0 Å². The first-order valence-electron chi connectivity index (χ1n) is 5.79. The third kappa shape index (κ3) is 3.04. The summed E-state index contributed by atoms with van der Waals surface area (Å²) >= 11 is 0. The first kappa shape index (κ1) is 12.9. The van der Waals surface area contributed by atoms with E-state index >= 15 is 0 Å². The average molecular weight is 260 g/mol. The molecular formula is C13H16N4O2. The van der Waals surface area contributed by atoms with Gasteiger partial charge in [-0.3, -0.25) is 9.48 Å². The average Bonchev–Trinajstić information content (AvgIpc) is 2.83. The highest BCUT2D eigenvalue weighted by Crippen LogP contribution is 2.21. The van der Waals surface area contributed by atoms with Gasteiger partial charge in [0.1, 0.15) is 5.75 Å². The molecule has 0 fully saturated rings. The van der Waals surface area contributed by atoms with E-state index in [-0.39, 0.29) is 5.91 Å². The Hall–Kier alpha value is -2.50. The molecule has 6 nitrogen and oxygen atoms in total. The van der Waals surface area contributed by atoms with Crippen LogP contribution in [0, 0.1) is 0 Å². The van der Waals surface area contributed by atoms with Gasteiger partial charge < -0.3 is 15.8 Å². The second kappa shape index (κ2) is 5.43. The van der Waals surface area contributed by atoms with E-state index in [4.69, 9.17) is 10.5 Å². The predicted molar refractivity (Wildman–Crippen MR) is 71.8 cm³/mol. The number of ether oxygens (including phenoxy) is 1. The van der Waals surface area contributed by atoms with Crippen LogP contribution in [0.2, 0.25) is 0 Å². The van der Waals surface area contributed by atoms with E-state index < -0.39 is 0 Å². The number of carbonyl (C=O) groups is 1. The van der Waals surface area contributed by atoms with Crippen molar-refractivity contribution in [1.82, 2.24) is 15.1 Å². The highest BCUT2D eigenvalue weighted by atomic mass is 16.5. The zero-order valence-electron chi connectivity index (χ0n) is 10.9. The summed E-state index contributed by atoms with van der Waals surface area (Å²) in [6, 6.07) is 5.42. The van der Waals surface area contributed by atoms with E-state index in [1.807, 2.05) is 6.07 Å². The molecule has 1 amide bonds. The molecule has 0 aliphatic rings. The van der Waals surface area contributed by atoms with Crippen molar-refractivity contribution < 1.29 is 9.53 Å². The molecule has 0 saturated carbocycles. The Morgan fingerprint density at radius 2 is 2.32 bits per heavy atom. The van der Waals surface area contributed by atoms with E-state index in [0.717, 1.165) is 5.56 Å². The van der Waals surface area contributed by atoms with Gasteiger partial charge in [-0.2, -0.15) is 5.10 Å². The van der Waals surface area contributed by atoms with Gasteiger partial charge in [0.15, 0.2) is 0 Å². The minimum absolute atomic E-state index is 0.164. The molecule has 1 aromatic heterocycles. The van der Waals surface area contributed by atoms with Gasteiger partial charge in [-0.05, 0) is 17.7 Å². The van der Waals surface area contributed by atoms with Crippen molar-refractivity contribution in [2.24, 2.45) is 7.05 Å². The third-order valence-electron chi connectivity index (χ3n) is 2.71. The SMILES string of the molecule is COc1ccc(CNC(=O)c2cnn(C)c2)cc1N. The number of rotatable bonds is 4. The molecule has 0 spiro atoms. The molecule has 0 aliphatic heterocycles. The van der Waals surface area contributed by atoms with Crippen LogP contribution in [0.4, 0.5) is 5.69 Å². The second-order valence-corrected chi connectivity index (χ2v) is 4.16. The summed E-state index contributed by atoms with van der Waals surface area (Å²) in [5.41, 5.74) is 7.80. The molecule has 2 rings (SSSR count). The summed E-state index contributed by atoms with van der Waals surface area (Å²) < 4.78 is 6.66. The standard InChI is InChI=1S/C13H16N4O2/c1-17-8-10(7-16-17)13(18)15-6-9-3-4-12(19-2)11(14)5-9/h3-5,7-8H,6,14H2,1-2H3,(H,15,18). The maximum Gasteiger partial charge on any atom is 0.254 e. The zero-order chi connectivity index (χ0) is 13.8. The van der Waals surface area contributed by atoms with Gasteiger partial charge in [0.25, 0.3) is 5.91 Å². The van der Waals surface area contributed by atoms with Gasteiger partial charge in [0, 0.05) is 19.8 Å². The fourth-order valence-corrected chi connectivity index (χ4v) is 1.72. The van der Waals surface area contributed by atoms with Crippen LogP contribution in [-0.4, -0.2) is 22.8 Å². The minimum atomic E-state index is -0.164. The zero-order valence-corrected chi connectivity index (χ0v) is 10.9. The van der Waals surface area contributed by atoms with Crippen LogP contribution in [0.3, 0.4) is 0 Å². The number of anilines is 1. The smallest absolute Gasteiger partial charge is 0.254 e. The molecule has 3 N–H and O–H groups in total. The van der Waals surface area contributed by atoms with Crippen molar-refractivity contribution in [3.8, 4) is 5.75 Å². The highest BCUT2D eigenvalue weighted by Gasteiger charge is 2.07. The first-order valence-corrected chi connectivity index (χ1v) is 5.79. The largest absolute Gasteiger partial charge is 0.495 e. The van der Waals surface area contributed by atoms with Crippen molar-refractivity contribution in [1.29, 1.82) is 0 Å². The molecule has 1 heterocycles. The van der Waals surface area contributed by atoms with E-state index in [1.165, 1.54) is 6.20 Å². The molecule has 6 heteroatoms. The predicted octanol–water partition coefficient (Wildman–Crippen LogP) is 0.941. The Morgan fingerprint density at radius 1 is 1.53 bits per heavy atom. The number of amides is 1. The lowest BCUT2D eigenvalue weighted by atomic mass is 10.2. The number of nitrogens with two attached hydrogens (primary N) is 1. The number of nitrogens with one attached hydrogen (secondary N) is 1. The lowest BCUT2D eigenvalue weighted by Gasteiger charge is -2.08. The molecule has 0 atom stereocenters. The van der Waals surface area contributed by atoms with Crippen molar-refractivity contribution in [3.05, 3.63) is 41.7 Å². The van der Waals surface area contributed by atoms with Crippen molar-refractivity contribution in [2.75, 3.05) is 12.8 Å². The van der Waals surface area contributed by atoms with E-state index in [9.17, 15) is 4.79 Å². The topological polar surface area (TPSA) is 82.2 Å². The maximum atomic E-state index is 11.8. The van der Waals surface area contributed by atoms with Crippen LogP contribution < -0.4 is 15.8 Å². The summed E-state index contributed by atoms with van der Waals surface area (Å²) in [7, 11) is 3.33. The Kier molecular flexibility index (Phi) is 3.70. The number of methoxy groups -OCH3 is 1. The quantitative estimate of drug-likeness (QED) is 0.801. The van der Waals surface area contributed by atoms with Crippen LogP contribution in [0.1, 0.15) is 15.9 Å². The number of carbonyl (C=O) groups excluding carboxylic acids is 1. The fraction of sp³-hybridized carbons (Fsp3) is 0.231. The summed E-state index contributed by atoms with van der Waals surface area (Å²) in [5, 5.41) is 6.75. The van der Waals surface area contributed by atoms with Crippen molar-refractivity contribution >= 4 is 11.6 Å². The summed E-state index contributed by atoms with van der Waals surface area (Å²) in [5.74, 6) is 0.463. The van der Waals surface area contributed by atoms with Crippen LogP contribution in [-0.2, 0) is 13.6 Å². The molecule has 19 heavy (non-hydrogen) atoms. The fourth-order valence-electron chi connectivity index (χ4n) is 1.72. The Labute approximate surface area is 111 Å². The maximum absolute atomic E-state index is 11.8. The van der Waals surface area contributed by atoms with Crippen LogP contribution in [0.15, 0.2) is 30.6 Å². The molecule has 0 radical (unpaired) electrons. The van der Waals surface area contributed by atoms with Crippen LogP contribution in [0.5, 0.6) is 5.75 Å².